The normalized spacial score (nSPS) is 13.2. The van der Waals surface area contributed by atoms with Crippen LogP contribution in [-0.2, 0) is 5.75 Å². The maximum absolute atomic E-state index is 5.84. The number of thioether (sulfide) groups is 1. The largest absolute Gasteiger partial charge is 0.327 e. The fourth-order valence-electron chi connectivity index (χ4n) is 0.708. The Morgan fingerprint density at radius 1 is 1.69 bits per heavy atom. The lowest BCUT2D eigenvalue weighted by atomic mass is 10.3. The Labute approximate surface area is 91.2 Å². The Morgan fingerprint density at radius 3 is 3.00 bits per heavy atom. The van der Waals surface area contributed by atoms with Crippen LogP contribution in [0.25, 0.3) is 0 Å². The third kappa shape index (κ3) is 3.81. The molecule has 1 unspecified atom stereocenters. The lowest BCUT2D eigenvalue weighted by Crippen LogP contribution is -2.21. The second-order valence-corrected chi connectivity index (χ2v) is 5.06. The predicted octanol–water partition coefficient (Wildman–Crippen LogP) is 2.16. The number of rotatable bonds is 5. The van der Waals surface area contributed by atoms with E-state index in [9.17, 15) is 0 Å². The van der Waals surface area contributed by atoms with E-state index in [-0.39, 0.29) is 6.04 Å². The molecule has 1 heterocycles. The number of aromatic nitrogens is 2. The maximum Gasteiger partial charge on any atom is 0.138 e. The monoisotopic (exact) mass is 237 g/mol. The van der Waals surface area contributed by atoms with Crippen LogP contribution in [0.3, 0.4) is 0 Å². The zero-order chi connectivity index (χ0) is 9.68. The molecule has 0 saturated heterocycles. The van der Waals surface area contributed by atoms with Crippen LogP contribution in [0.2, 0.25) is 4.34 Å². The van der Waals surface area contributed by atoms with Gasteiger partial charge in [-0.1, -0.05) is 23.0 Å². The molecule has 2 N–H and O–H groups in total. The van der Waals surface area contributed by atoms with Crippen molar-refractivity contribution < 1.29 is 0 Å². The van der Waals surface area contributed by atoms with Crippen LogP contribution < -0.4 is 5.73 Å². The second-order valence-electron chi connectivity index (χ2n) is 2.68. The summed E-state index contributed by atoms with van der Waals surface area (Å²) < 4.78 is 4.45. The number of hydrogen-bond acceptors (Lipinski definition) is 5. The Bertz CT molecular complexity index is 254. The van der Waals surface area contributed by atoms with Crippen molar-refractivity contribution in [1.29, 1.82) is 0 Å². The Balaban J connectivity index is 2.24. The van der Waals surface area contributed by atoms with E-state index in [1.807, 2.05) is 0 Å². The van der Waals surface area contributed by atoms with Crippen LogP contribution in [-0.4, -0.2) is 21.4 Å². The summed E-state index contributed by atoms with van der Waals surface area (Å²) in [6, 6.07) is 0.273. The van der Waals surface area contributed by atoms with Crippen LogP contribution in [0.1, 0.15) is 19.0 Å². The Hall–Kier alpha value is 0.160. The molecular weight excluding hydrogens is 226 g/mol. The zero-order valence-electron chi connectivity index (χ0n) is 7.36. The molecule has 0 saturated carbocycles. The summed E-state index contributed by atoms with van der Waals surface area (Å²) >= 11 is 8.82. The molecule has 3 nitrogen and oxygen atoms in total. The number of nitrogens with two attached hydrogens (primary N) is 1. The first-order valence-electron chi connectivity index (χ1n) is 4.04. The summed E-state index contributed by atoms with van der Waals surface area (Å²) in [7, 11) is 0. The van der Waals surface area contributed by atoms with Gasteiger partial charge in [0, 0.05) is 29.1 Å². The topological polar surface area (TPSA) is 51.8 Å². The van der Waals surface area contributed by atoms with Crippen molar-refractivity contribution in [2.45, 2.75) is 25.1 Å². The van der Waals surface area contributed by atoms with E-state index in [0.29, 0.717) is 4.34 Å². The molecule has 0 aromatic carbocycles. The third-order valence-electron chi connectivity index (χ3n) is 1.60. The molecule has 0 fully saturated rings. The minimum atomic E-state index is 0.273. The van der Waals surface area contributed by atoms with Gasteiger partial charge in [0.25, 0.3) is 0 Å². The summed E-state index contributed by atoms with van der Waals surface area (Å²) in [5.74, 6) is 1.76. The number of halogens is 1. The summed E-state index contributed by atoms with van der Waals surface area (Å²) in [6.07, 6.45) is 1.01. The highest BCUT2D eigenvalue weighted by atomic mass is 35.5. The van der Waals surface area contributed by atoms with Crippen LogP contribution in [0, 0.1) is 0 Å². The molecule has 0 radical (unpaired) electrons. The van der Waals surface area contributed by atoms with Crippen molar-refractivity contribution in [2.24, 2.45) is 5.73 Å². The van der Waals surface area contributed by atoms with Gasteiger partial charge in [0.1, 0.15) is 10.0 Å². The third-order valence-corrected chi connectivity index (χ3v) is 3.73. The van der Waals surface area contributed by atoms with Gasteiger partial charge >= 0.3 is 0 Å². The van der Waals surface area contributed by atoms with Gasteiger partial charge in [0.2, 0.25) is 0 Å². The summed E-state index contributed by atoms with van der Waals surface area (Å²) in [5, 5.41) is 3.91. The summed E-state index contributed by atoms with van der Waals surface area (Å²) in [6.45, 7) is 2.09. The van der Waals surface area contributed by atoms with E-state index in [1.54, 1.807) is 11.8 Å². The molecule has 0 aliphatic carbocycles. The van der Waals surface area contributed by atoms with Gasteiger partial charge in [-0.25, -0.2) is 0 Å². The average molecular weight is 238 g/mol. The molecular formula is C7H12ClN3S2. The first-order valence-corrected chi connectivity index (χ1v) is 6.34. The van der Waals surface area contributed by atoms with Crippen LogP contribution in [0.4, 0.5) is 0 Å². The van der Waals surface area contributed by atoms with Crippen molar-refractivity contribution in [3.8, 4) is 0 Å². The fraction of sp³-hybridized carbons (Fsp3) is 0.714. The average Bonchev–Trinajstić information content (AvgIpc) is 2.52. The van der Waals surface area contributed by atoms with E-state index < -0.39 is 0 Å². The van der Waals surface area contributed by atoms with Crippen LogP contribution >= 0.6 is 34.9 Å². The zero-order valence-corrected chi connectivity index (χ0v) is 9.75. The quantitative estimate of drug-likeness (QED) is 0.853. The van der Waals surface area contributed by atoms with Gasteiger partial charge in [0.15, 0.2) is 0 Å². The molecule has 74 valence electrons. The molecule has 0 amide bonds. The second kappa shape index (κ2) is 5.80. The molecule has 1 atom stereocenters. The van der Waals surface area contributed by atoms with Gasteiger partial charge in [-0.05, 0) is 6.42 Å². The molecule has 6 heteroatoms. The first kappa shape index (κ1) is 11.2. The minimum absolute atomic E-state index is 0.273. The standard InChI is InChI=1S/C7H12ClN3S2/c1-2-5(9)3-12-4-6-7(8)13-11-10-6/h5H,2-4,9H2,1H3. The van der Waals surface area contributed by atoms with Gasteiger partial charge in [-0.15, -0.1) is 5.10 Å². The molecule has 1 rings (SSSR count). The SMILES string of the molecule is CCC(N)CSCc1nnsc1Cl. The van der Waals surface area contributed by atoms with Crippen LogP contribution in [0.5, 0.6) is 0 Å². The first-order chi connectivity index (χ1) is 6.24. The van der Waals surface area contributed by atoms with Crippen LogP contribution in [0.15, 0.2) is 0 Å². The molecule has 13 heavy (non-hydrogen) atoms. The smallest absolute Gasteiger partial charge is 0.138 e. The molecule has 0 aliphatic heterocycles. The summed E-state index contributed by atoms with van der Waals surface area (Å²) in [4.78, 5) is 0. The van der Waals surface area contributed by atoms with Gasteiger partial charge in [-0.2, -0.15) is 11.8 Å². The lowest BCUT2D eigenvalue weighted by Gasteiger charge is -2.06. The van der Waals surface area contributed by atoms with Crippen molar-refractivity contribution in [3.05, 3.63) is 10.0 Å². The highest BCUT2D eigenvalue weighted by molar-refractivity contribution is 7.98. The van der Waals surface area contributed by atoms with E-state index in [4.69, 9.17) is 17.3 Å². The van der Waals surface area contributed by atoms with Crippen molar-refractivity contribution in [2.75, 3.05) is 5.75 Å². The maximum atomic E-state index is 5.84. The van der Waals surface area contributed by atoms with Gasteiger partial charge < -0.3 is 5.73 Å². The predicted molar refractivity (Wildman–Crippen MR) is 59.3 cm³/mol. The molecule has 1 aromatic rings. The van der Waals surface area contributed by atoms with Crippen molar-refractivity contribution in [3.63, 3.8) is 0 Å². The van der Waals surface area contributed by atoms with Gasteiger partial charge in [-0.3, -0.25) is 0 Å². The van der Waals surface area contributed by atoms with E-state index in [1.165, 1.54) is 11.5 Å². The molecule has 0 spiro atoms. The summed E-state index contributed by atoms with van der Waals surface area (Å²) in [5.41, 5.74) is 6.64. The fourth-order valence-corrected chi connectivity index (χ4v) is 2.56. The Morgan fingerprint density at radius 2 is 2.46 bits per heavy atom. The number of hydrogen-bond donors (Lipinski definition) is 1. The van der Waals surface area contributed by atoms with Crippen molar-refractivity contribution >= 4 is 34.9 Å². The molecule has 1 aromatic heterocycles. The van der Waals surface area contributed by atoms with Gasteiger partial charge in [0.05, 0.1) is 0 Å². The lowest BCUT2D eigenvalue weighted by molar-refractivity contribution is 0.724. The van der Waals surface area contributed by atoms with E-state index in [0.717, 1.165) is 23.6 Å². The highest BCUT2D eigenvalue weighted by Crippen LogP contribution is 2.22. The van der Waals surface area contributed by atoms with E-state index >= 15 is 0 Å². The molecule has 0 aliphatic rings. The number of nitrogens with zero attached hydrogens (tertiary/aromatic N) is 2. The molecule has 0 bridgehead atoms. The van der Waals surface area contributed by atoms with Crippen molar-refractivity contribution in [1.82, 2.24) is 9.59 Å². The minimum Gasteiger partial charge on any atom is -0.327 e. The highest BCUT2D eigenvalue weighted by Gasteiger charge is 2.06. The van der Waals surface area contributed by atoms with E-state index in [2.05, 4.69) is 16.5 Å². The Kier molecular flexibility index (Phi) is 5.01.